The van der Waals surface area contributed by atoms with E-state index in [9.17, 15) is 4.79 Å². The van der Waals surface area contributed by atoms with Gasteiger partial charge >= 0.3 is 5.97 Å². The quantitative estimate of drug-likeness (QED) is 0.0643. The zero-order valence-electron chi connectivity index (χ0n) is 31.1. The first kappa shape index (κ1) is 48.0. The third-order valence-corrected chi connectivity index (χ3v) is 7.06. The molecule has 0 bridgehead atoms. The van der Waals surface area contributed by atoms with E-state index in [1.54, 1.807) is 0 Å². The van der Waals surface area contributed by atoms with Crippen molar-refractivity contribution in [1.82, 2.24) is 0 Å². The molecular weight excluding hydrogens is 640 g/mol. The Morgan fingerprint density at radius 1 is 0.306 bits per heavy atom. The lowest BCUT2D eigenvalue weighted by atomic mass is 10.1. The minimum absolute atomic E-state index is 0.0675. The number of unbranched alkanes of at least 4 members (excludes halogenated alkanes) is 10. The fourth-order valence-corrected chi connectivity index (χ4v) is 4.28. The minimum atomic E-state index is -0.405. The second-order valence-electron chi connectivity index (χ2n) is 11.3. The van der Waals surface area contributed by atoms with Gasteiger partial charge in [0.15, 0.2) is 0 Å². The Morgan fingerprint density at radius 2 is 0.531 bits per heavy atom. The van der Waals surface area contributed by atoms with Gasteiger partial charge in [0.2, 0.25) is 0 Å². The molecule has 13 nitrogen and oxygen atoms in total. The van der Waals surface area contributed by atoms with Gasteiger partial charge in [-0.25, -0.2) is 4.79 Å². The fourth-order valence-electron chi connectivity index (χ4n) is 4.28. The molecule has 0 aromatic heterocycles. The molecule has 0 aromatic carbocycles. The predicted octanol–water partition coefficient (Wildman–Crippen LogP) is 4.65. The maximum absolute atomic E-state index is 10.9. The van der Waals surface area contributed by atoms with Crippen molar-refractivity contribution in [2.24, 2.45) is 0 Å². The van der Waals surface area contributed by atoms with Crippen molar-refractivity contribution in [3.05, 3.63) is 0 Å². The molecule has 0 rings (SSSR count). The highest BCUT2D eigenvalue weighted by molar-refractivity contribution is 5.70. The van der Waals surface area contributed by atoms with E-state index in [4.69, 9.17) is 52.1 Å². The minimum Gasteiger partial charge on any atom is -0.467 e. The van der Waals surface area contributed by atoms with Crippen LogP contribution in [0.15, 0.2) is 0 Å². The number of hydrogen-bond acceptors (Lipinski definition) is 13. The number of ether oxygens (including phenoxy) is 12. The molecule has 0 aromatic rings. The zero-order valence-corrected chi connectivity index (χ0v) is 31.1. The molecule has 0 aliphatic heterocycles. The number of methoxy groups -OCH3 is 1. The summed E-state index contributed by atoms with van der Waals surface area (Å²) in [6.07, 6.45) is 14.8. The Labute approximate surface area is 297 Å². The molecule has 0 aliphatic carbocycles. The number of rotatable bonds is 44. The van der Waals surface area contributed by atoms with Crippen molar-refractivity contribution < 1.29 is 61.6 Å². The van der Waals surface area contributed by atoms with Gasteiger partial charge in [0.1, 0.15) is 6.61 Å². The first-order chi connectivity index (χ1) is 24.3. The molecule has 0 saturated carbocycles. The van der Waals surface area contributed by atoms with Gasteiger partial charge in [0.25, 0.3) is 0 Å². The van der Waals surface area contributed by atoms with Gasteiger partial charge in [-0.05, 0) is 6.42 Å². The molecule has 0 unspecified atom stereocenters. The summed E-state index contributed by atoms with van der Waals surface area (Å²) in [6, 6.07) is 0. The third kappa shape index (κ3) is 45.0. The van der Waals surface area contributed by atoms with Gasteiger partial charge in [-0.15, -0.1) is 0 Å². The van der Waals surface area contributed by atoms with E-state index in [2.05, 4.69) is 11.7 Å². The van der Waals surface area contributed by atoms with Crippen LogP contribution in [0.5, 0.6) is 0 Å². The van der Waals surface area contributed by atoms with Gasteiger partial charge in [0, 0.05) is 6.61 Å². The fraction of sp³-hybridized carbons (Fsp3) is 0.972. The molecule has 13 heteroatoms. The molecule has 0 spiro atoms. The Kier molecular flexibility index (Phi) is 44.2. The average Bonchev–Trinajstić information content (AvgIpc) is 3.11. The molecule has 0 N–H and O–H groups in total. The van der Waals surface area contributed by atoms with Crippen LogP contribution >= 0.6 is 0 Å². The maximum Gasteiger partial charge on any atom is 0.331 e. The van der Waals surface area contributed by atoms with Gasteiger partial charge in [-0.2, -0.15) is 0 Å². The van der Waals surface area contributed by atoms with Crippen LogP contribution in [0.4, 0.5) is 0 Å². The molecule has 49 heavy (non-hydrogen) atoms. The Hall–Kier alpha value is -0.970. The van der Waals surface area contributed by atoms with Crippen LogP contribution in [0, 0.1) is 0 Å². The molecule has 0 atom stereocenters. The lowest BCUT2D eigenvalue weighted by Crippen LogP contribution is -2.16. The van der Waals surface area contributed by atoms with E-state index in [-0.39, 0.29) is 6.61 Å². The SMILES string of the molecule is CCCCCCCCCCCCCOCCOCCOCCOCCOCCOCCOCCOCCOCCOCCOCC(=O)OC. The van der Waals surface area contributed by atoms with Gasteiger partial charge in [0.05, 0.1) is 139 Å². The molecule has 0 saturated heterocycles. The molecule has 0 radical (unpaired) electrons. The Morgan fingerprint density at radius 3 is 0.796 bits per heavy atom. The topological polar surface area (TPSA) is 128 Å². The molecule has 294 valence electrons. The van der Waals surface area contributed by atoms with Crippen molar-refractivity contribution in [1.29, 1.82) is 0 Å². The van der Waals surface area contributed by atoms with Gasteiger partial charge in [-0.1, -0.05) is 71.1 Å². The Balaban J connectivity index is 3.05. The summed E-state index contributed by atoms with van der Waals surface area (Å²) in [6.45, 7) is 13.1. The first-order valence-corrected chi connectivity index (χ1v) is 18.7. The van der Waals surface area contributed by atoms with E-state index >= 15 is 0 Å². The summed E-state index contributed by atoms with van der Waals surface area (Å²) in [5.74, 6) is -0.405. The average molecular weight is 713 g/mol. The molecule has 0 amide bonds. The van der Waals surface area contributed by atoms with Crippen molar-refractivity contribution in [2.45, 2.75) is 77.6 Å². The monoisotopic (exact) mass is 712 g/mol. The third-order valence-electron chi connectivity index (χ3n) is 7.06. The summed E-state index contributed by atoms with van der Waals surface area (Å²) in [4.78, 5) is 10.9. The van der Waals surface area contributed by atoms with Crippen molar-refractivity contribution >= 4 is 5.97 Å². The number of carbonyl (C=O) groups excluding carboxylic acids is 1. The molecule has 0 heterocycles. The van der Waals surface area contributed by atoms with E-state index in [0.29, 0.717) is 132 Å². The Bertz CT molecular complexity index is 615. The van der Waals surface area contributed by atoms with Crippen LogP contribution in [0.1, 0.15) is 77.6 Å². The van der Waals surface area contributed by atoms with E-state index in [0.717, 1.165) is 13.0 Å². The van der Waals surface area contributed by atoms with Crippen LogP contribution in [-0.4, -0.2) is 158 Å². The standard InChI is InChI=1S/C36H72O13/c1-3-4-5-6-7-8-9-10-11-12-13-14-39-15-16-40-17-18-41-19-20-42-21-22-43-23-24-44-25-26-45-27-28-46-29-30-47-31-32-48-33-34-49-35-36(37)38-2/h3-35H2,1-2H3. The highest BCUT2D eigenvalue weighted by Crippen LogP contribution is 2.11. The predicted molar refractivity (Wildman–Crippen MR) is 187 cm³/mol. The second-order valence-corrected chi connectivity index (χ2v) is 11.3. The summed E-state index contributed by atoms with van der Waals surface area (Å²) in [5.41, 5.74) is 0. The van der Waals surface area contributed by atoms with Gasteiger partial charge in [-0.3, -0.25) is 0 Å². The number of esters is 1. The summed E-state index contributed by atoms with van der Waals surface area (Å²) in [5, 5.41) is 0. The highest BCUT2D eigenvalue weighted by atomic mass is 16.6. The molecular formula is C36H72O13. The number of carbonyl (C=O) groups is 1. The van der Waals surface area contributed by atoms with Crippen molar-refractivity contribution in [3.8, 4) is 0 Å². The maximum atomic E-state index is 10.9. The lowest BCUT2D eigenvalue weighted by molar-refractivity contribution is -0.146. The summed E-state index contributed by atoms with van der Waals surface area (Å²) < 4.78 is 64.4. The van der Waals surface area contributed by atoms with Crippen molar-refractivity contribution in [2.75, 3.05) is 152 Å². The van der Waals surface area contributed by atoms with Gasteiger partial charge < -0.3 is 56.8 Å². The van der Waals surface area contributed by atoms with Crippen LogP contribution < -0.4 is 0 Å². The van der Waals surface area contributed by atoms with Crippen LogP contribution in [-0.2, 0) is 61.6 Å². The van der Waals surface area contributed by atoms with Crippen LogP contribution in [0.3, 0.4) is 0 Å². The zero-order chi connectivity index (χ0) is 35.4. The largest absolute Gasteiger partial charge is 0.467 e. The highest BCUT2D eigenvalue weighted by Gasteiger charge is 2.00. The first-order valence-electron chi connectivity index (χ1n) is 18.7. The smallest absolute Gasteiger partial charge is 0.331 e. The van der Waals surface area contributed by atoms with Crippen LogP contribution in [0.25, 0.3) is 0 Å². The van der Waals surface area contributed by atoms with E-state index in [1.807, 2.05) is 0 Å². The van der Waals surface area contributed by atoms with E-state index < -0.39 is 5.97 Å². The molecule has 0 aliphatic rings. The van der Waals surface area contributed by atoms with E-state index in [1.165, 1.54) is 71.3 Å². The number of hydrogen-bond donors (Lipinski definition) is 0. The summed E-state index contributed by atoms with van der Waals surface area (Å²) in [7, 11) is 1.32. The lowest BCUT2D eigenvalue weighted by Gasteiger charge is -2.09. The molecule has 0 fully saturated rings. The summed E-state index contributed by atoms with van der Waals surface area (Å²) >= 11 is 0. The normalized spacial score (nSPS) is 11.5. The van der Waals surface area contributed by atoms with Crippen molar-refractivity contribution in [3.63, 3.8) is 0 Å². The van der Waals surface area contributed by atoms with Crippen LogP contribution in [0.2, 0.25) is 0 Å². The second kappa shape index (κ2) is 45.1.